The van der Waals surface area contributed by atoms with Gasteiger partial charge in [0.05, 0.1) is 30.3 Å². The molecule has 0 radical (unpaired) electrons. The minimum atomic E-state index is -3.19. The number of rotatable bonds is 9. The summed E-state index contributed by atoms with van der Waals surface area (Å²) in [5.74, 6) is 0.148. The number of aliphatic hydroxyl groups is 3. The van der Waals surface area contributed by atoms with Crippen LogP contribution in [0.25, 0.3) is 22.2 Å². The molecule has 3 unspecified atom stereocenters. The molecule has 0 aliphatic carbocycles. The molecule has 0 saturated heterocycles. The van der Waals surface area contributed by atoms with Gasteiger partial charge < -0.3 is 29.2 Å². The average molecular weight is 600 g/mol. The van der Waals surface area contributed by atoms with Crippen LogP contribution in [-0.2, 0) is 4.57 Å². The van der Waals surface area contributed by atoms with E-state index in [9.17, 15) is 33.5 Å². The van der Waals surface area contributed by atoms with E-state index < -0.39 is 31.9 Å². The molecule has 5 rings (SSSR count). The van der Waals surface area contributed by atoms with Gasteiger partial charge in [0.2, 0.25) is 0 Å². The molecule has 3 atom stereocenters. The average Bonchev–Trinajstić information content (AvgIpc) is 3.48. The fourth-order valence-corrected chi connectivity index (χ4v) is 6.49. The zero-order valence-corrected chi connectivity index (χ0v) is 24.4. The predicted molar refractivity (Wildman–Crippen MR) is 154 cm³/mol. The lowest BCUT2D eigenvalue weighted by atomic mass is 9.96. The van der Waals surface area contributed by atoms with Gasteiger partial charge >= 0.3 is 12.7 Å². The summed E-state index contributed by atoms with van der Waals surface area (Å²) in [5.41, 5.74) is 4.03. The van der Waals surface area contributed by atoms with E-state index in [1.807, 2.05) is 43.3 Å². The van der Waals surface area contributed by atoms with Crippen molar-refractivity contribution in [2.24, 2.45) is 0 Å². The first-order valence-corrected chi connectivity index (χ1v) is 16.0. The number of ether oxygens (including phenoxy) is 1. The number of aromatic nitrogens is 2. The highest BCUT2D eigenvalue weighted by Crippen LogP contribution is 2.52. The highest BCUT2D eigenvalue weighted by atomic mass is 31.2. The van der Waals surface area contributed by atoms with E-state index in [4.69, 9.17) is 9.72 Å². The molecular weight excluding hydrogens is 567 g/mol. The number of fused-ring (bicyclic) bond motifs is 3. The highest BCUT2D eigenvalue weighted by Gasteiger charge is 2.44. The highest BCUT2D eigenvalue weighted by molar-refractivity contribution is 7.62. The Balaban J connectivity index is 1.68. The molecule has 1 aliphatic heterocycles. The molecule has 0 amide bonds. The number of benzene rings is 3. The molecule has 0 bridgehead atoms. The van der Waals surface area contributed by atoms with E-state index in [1.165, 1.54) is 25.2 Å². The van der Waals surface area contributed by atoms with Gasteiger partial charge in [-0.3, -0.25) is 4.79 Å². The smallest absolute Gasteiger partial charge is 0.387 e. The summed E-state index contributed by atoms with van der Waals surface area (Å²) in [5, 5.41) is 30.0. The quantitative estimate of drug-likeness (QED) is 0.134. The Labute approximate surface area is 241 Å². The molecule has 4 aromatic rings. The summed E-state index contributed by atoms with van der Waals surface area (Å²) < 4.78 is 45.9. The Bertz CT molecular complexity index is 1680. The Morgan fingerprint density at radius 1 is 1.10 bits per heavy atom. The van der Waals surface area contributed by atoms with Crippen molar-refractivity contribution in [1.29, 1.82) is 0 Å². The van der Waals surface area contributed by atoms with E-state index in [-0.39, 0.29) is 29.0 Å². The first-order chi connectivity index (χ1) is 19.7. The lowest BCUT2D eigenvalue weighted by Gasteiger charge is -2.30. The Hall–Kier alpha value is -3.47. The molecule has 1 aliphatic rings. The van der Waals surface area contributed by atoms with Gasteiger partial charge in [-0.15, -0.1) is 0 Å². The van der Waals surface area contributed by atoms with Crippen LogP contribution in [0.2, 0.25) is 0 Å². The standard InChI is InChI=1S/C30H32F2N3O6P/c1-17(42(3,4)40)18-8-10-19(11-9-18)20-12-13-22-23(14-20)35-24(15-25(28(35)33-22)34(2)30(37,38)39)27-21(16-36)6-5-7-26(27)41-29(31)32/h5-14,16-17,24-25,29,37-39H,15H2,1-4H3. The van der Waals surface area contributed by atoms with Crippen LogP contribution in [-0.4, -0.2) is 69.1 Å². The third-order valence-corrected chi connectivity index (χ3v) is 10.3. The van der Waals surface area contributed by atoms with Crippen LogP contribution in [0.15, 0.2) is 60.7 Å². The van der Waals surface area contributed by atoms with Crippen LogP contribution in [0.1, 0.15) is 58.4 Å². The molecule has 1 aromatic heterocycles. The number of hydrogen-bond acceptors (Lipinski definition) is 8. The monoisotopic (exact) mass is 599 g/mol. The molecule has 0 fully saturated rings. The van der Waals surface area contributed by atoms with Crippen LogP contribution in [0.3, 0.4) is 0 Å². The summed E-state index contributed by atoms with van der Waals surface area (Å²) in [6.45, 7) is 2.32. The maximum absolute atomic E-state index is 13.4. The first-order valence-electron chi connectivity index (χ1n) is 13.3. The Morgan fingerprint density at radius 2 is 1.76 bits per heavy atom. The minimum Gasteiger partial charge on any atom is -0.434 e. The largest absolute Gasteiger partial charge is 0.434 e. The van der Waals surface area contributed by atoms with Crippen molar-refractivity contribution in [2.45, 2.75) is 43.8 Å². The molecule has 0 saturated carbocycles. The molecule has 3 N–H and O–H groups in total. The lowest BCUT2D eigenvalue weighted by Crippen LogP contribution is -2.47. The van der Waals surface area contributed by atoms with Crippen LogP contribution in [0, 0.1) is 0 Å². The van der Waals surface area contributed by atoms with E-state index in [1.54, 1.807) is 24.0 Å². The van der Waals surface area contributed by atoms with Gasteiger partial charge in [-0.1, -0.05) is 49.4 Å². The summed E-state index contributed by atoms with van der Waals surface area (Å²) in [6, 6.07) is 15.9. The van der Waals surface area contributed by atoms with Crippen LogP contribution in [0.5, 0.6) is 5.75 Å². The van der Waals surface area contributed by atoms with Crippen molar-refractivity contribution in [3.8, 4) is 16.9 Å². The normalized spacial score (nSPS) is 18.1. The SMILES string of the molecule is CC(c1ccc(-c2ccc3nc4n(c3c2)C(c2c(C=O)cccc2OC(F)F)CC4N(C)C(O)(O)O)cc1)P(C)(C)=O. The van der Waals surface area contributed by atoms with Crippen molar-refractivity contribution in [2.75, 3.05) is 20.4 Å². The molecule has 42 heavy (non-hydrogen) atoms. The van der Waals surface area contributed by atoms with E-state index in [0.29, 0.717) is 23.1 Å². The fourth-order valence-electron chi connectivity index (χ4n) is 5.60. The number of aldehydes is 1. The predicted octanol–water partition coefficient (Wildman–Crippen LogP) is 5.36. The van der Waals surface area contributed by atoms with E-state index in [0.717, 1.165) is 21.6 Å². The summed E-state index contributed by atoms with van der Waals surface area (Å²) >= 11 is 0. The molecule has 12 heteroatoms. The zero-order chi connectivity index (χ0) is 30.6. The molecule has 9 nitrogen and oxygen atoms in total. The number of hydrogen-bond donors (Lipinski definition) is 3. The van der Waals surface area contributed by atoms with Crippen LogP contribution in [0.4, 0.5) is 8.78 Å². The number of imidazole rings is 1. The second kappa shape index (κ2) is 11.0. The summed E-state index contributed by atoms with van der Waals surface area (Å²) in [7, 11) is -1.04. The van der Waals surface area contributed by atoms with Crippen molar-refractivity contribution in [3.05, 3.63) is 83.2 Å². The van der Waals surface area contributed by atoms with E-state index in [2.05, 4.69) is 0 Å². The second-order valence-electron chi connectivity index (χ2n) is 11.0. The molecule has 2 heterocycles. The number of alkyl halides is 2. The van der Waals surface area contributed by atoms with Crippen molar-refractivity contribution >= 4 is 24.5 Å². The Kier molecular flexibility index (Phi) is 7.85. The molecule has 0 spiro atoms. The van der Waals surface area contributed by atoms with Crippen LogP contribution >= 0.6 is 7.14 Å². The third-order valence-electron chi connectivity index (χ3n) is 8.15. The number of carbonyl (C=O) groups is 1. The summed E-state index contributed by atoms with van der Waals surface area (Å²) in [6.07, 6.45) is -2.58. The van der Waals surface area contributed by atoms with Crippen LogP contribution < -0.4 is 4.74 Å². The van der Waals surface area contributed by atoms with Crippen molar-refractivity contribution < 1.29 is 38.2 Å². The number of halogens is 2. The molecule has 222 valence electrons. The maximum atomic E-state index is 13.4. The lowest BCUT2D eigenvalue weighted by molar-refractivity contribution is -0.396. The van der Waals surface area contributed by atoms with Gasteiger partial charge in [0.15, 0.2) is 6.29 Å². The third kappa shape index (κ3) is 5.50. The van der Waals surface area contributed by atoms with E-state index >= 15 is 0 Å². The van der Waals surface area contributed by atoms with Gasteiger partial charge in [-0.05, 0) is 61.7 Å². The van der Waals surface area contributed by atoms with Gasteiger partial charge in [0.1, 0.15) is 11.6 Å². The Morgan fingerprint density at radius 3 is 2.36 bits per heavy atom. The number of nitrogens with zero attached hydrogens (tertiary/aromatic N) is 3. The van der Waals surface area contributed by atoms with Gasteiger partial charge in [0.25, 0.3) is 0 Å². The molecule has 3 aromatic carbocycles. The second-order valence-corrected chi connectivity index (χ2v) is 14.7. The number of carbonyl (C=O) groups excluding carboxylic acids is 1. The van der Waals surface area contributed by atoms with Crippen molar-refractivity contribution in [3.63, 3.8) is 0 Å². The zero-order valence-electron chi connectivity index (χ0n) is 23.5. The topological polar surface area (TPSA) is 125 Å². The van der Waals surface area contributed by atoms with Gasteiger partial charge in [-0.25, -0.2) is 9.88 Å². The summed E-state index contributed by atoms with van der Waals surface area (Å²) in [4.78, 5) is 17.7. The first kappa shape index (κ1) is 30.0. The van der Waals surface area contributed by atoms with Gasteiger partial charge in [-0.2, -0.15) is 8.78 Å². The molecular formula is C30H32F2N3O6P. The maximum Gasteiger partial charge on any atom is 0.387 e. The fraction of sp³-hybridized carbons (Fsp3) is 0.333. The van der Waals surface area contributed by atoms with Gasteiger partial charge in [0, 0.05) is 16.8 Å². The van der Waals surface area contributed by atoms with Crippen molar-refractivity contribution in [1.82, 2.24) is 14.5 Å². The minimum absolute atomic E-state index is 0.0631.